The number of carboxylic acids is 1. The minimum Gasteiger partial charge on any atom is -0.481 e. The highest BCUT2D eigenvalue weighted by atomic mass is 16.4. The van der Waals surface area contributed by atoms with E-state index < -0.39 is 5.97 Å². The van der Waals surface area contributed by atoms with Crippen LogP contribution in [-0.4, -0.2) is 41.9 Å². The summed E-state index contributed by atoms with van der Waals surface area (Å²) in [6, 6.07) is -0.369. The molecule has 0 saturated heterocycles. The van der Waals surface area contributed by atoms with Gasteiger partial charge in [-0.25, -0.2) is 4.79 Å². The molecule has 0 bridgehead atoms. The molecule has 1 saturated carbocycles. The molecule has 0 aromatic rings. The van der Waals surface area contributed by atoms with Crippen LogP contribution in [-0.2, 0) is 4.79 Å². The van der Waals surface area contributed by atoms with Gasteiger partial charge in [-0.05, 0) is 18.3 Å². The minimum absolute atomic E-state index is 0.0753. The number of aliphatic hydroxyl groups is 1. The molecule has 1 aliphatic carbocycles. The Hall–Kier alpha value is -1.30. The highest BCUT2D eigenvalue weighted by Crippen LogP contribution is 2.29. The Bertz CT molecular complexity index is 290. The molecule has 6 heteroatoms. The summed E-state index contributed by atoms with van der Waals surface area (Å²) < 4.78 is 0. The lowest BCUT2D eigenvalue weighted by atomic mass is 9.94. The molecule has 1 unspecified atom stereocenters. The molecule has 1 rings (SSSR count). The van der Waals surface area contributed by atoms with E-state index >= 15 is 0 Å². The molecule has 1 aliphatic rings. The number of carbonyl (C=O) groups excluding carboxylic acids is 1. The van der Waals surface area contributed by atoms with E-state index in [4.69, 9.17) is 5.11 Å². The van der Waals surface area contributed by atoms with E-state index in [0.29, 0.717) is 12.5 Å². The van der Waals surface area contributed by atoms with Gasteiger partial charge in [0.1, 0.15) is 0 Å². The lowest BCUT2D eigenvalue weighted by Crippen LogP contribution is -2.40. The van der Waals surface area contributed by atoms with E-state index in [1.54, 1.807) is 0 Å². The Morgan fingerprint density at radius 1 is 1.21 bits per heavy atom. The zero-order chi connectivity index (χ0) is 14.1. The summed E-state index contributed by atoms with van der Waals surface area (Å²) in [5.74, 6) is -0.169. The van der Waals surface area contributed by atoms with Crippen LogP contribution in [0.3, 0.4) is 0 Å². The molecule has 1 fully saturated rings. The molecule has 0 spiro atoms. The Labute approximate surface area is 113 Å². The molecule has 110 valence electrons. The number of aliphatic carboxylic acids is 1. The second-order valence-corrected chi connectivity index (χ2v) is 5.22. The highest BCUT2D eigenvalue weighted by molar-refractivity contribution is 5.74. The van der Waals surface area contributed by atoms with Crippen molar-refractivity contribution >= 4 is 12.0 Å². The van der Waals surface area contributed by atoms with Crippen LogP contribution in [0.15, 0.2) is 0 Å². The molecule has 0 heterocycles. The molecule has 0 aliphatic heterocycles. The van der Waals surface area contributed by atoms with Gasteiger partial charge >= 0.3 is 12.0 Å². The fourth-order valence-corrected chi connectivity index (χ4v) is 2.52. The van der Waals surface area contributed by atoms with Crippen molar-refractivity contribution in [2.75, 3.05) is 19.7 Å². The fraction of sp³-hybridized carbons (Fsp3) is 0.846. The van der Waals surface area contributed by atoms with Crippen LogP contribution in [0.25, 0.3) is 0 Å². The van der Waals surface area contributed by atoms with Crippen molar-refractivity contribution in [3.05, 3.63) is 0 Å². The first kappa shape index (κ1) is 15.8. The molecule has 19 heavy (non-hydrogen) atoms. The molecular formula is C13H24N2O4. The van der Waals surface area contributed by atoms with E-state index in [1.165, 1.54) is 25.7 Å². The Balaban J connectivity index is 2.13. The largest absolute Gasteiger partial charge is 0.481 e. The quantitative estimate of drug-likeness (QED) is 0.528. The first-order chi connectivity index (χ1) is 9.11. The van der Waals surface area contributed by atoms with Gasteiger partial charge in [0.15, 0.2) is 0 Å². The van der Waals surface area contributed by atoms with Gasteiger partial charge in [0.05, 0.1) is 6.42 Å². The summed E-state index contributed by atoms with van der Waals surface area (Å²) in [7, 11) is 0. The Morgan fingerprint density at radius 3 is 2.47 bits per heavy atom. The van der Waals surface area contributed by atoms with Crippen molar-refractivity contribution in [2.45, 2.75) is 38.5 Å². The summed E-state index contributed by atoms with van der Waals surface area (Å²) in [6.45, 7) is 0.630. The first-order valence-electron chi connectivity index (χ1n) is 6.96. The van der Waals surface area contributed by atoms with E-state index in [9.17, 15) is 14.7 Å². The second kappa shape index (κ2) is 8.74. The normalized spacial score (nSPS) is 17.1. The van der Waals surface area contributed by atoms with Gasteiger partial charge in [-0.2, -0.15) is 0 Å². The molecule has 0 radical (unpaired) electrons. The average molecular weight is 272 g/mol. The number of hydrogen-bond acceptors (Lipinski definition) is 3. The predicted octanol–water partition coefficient (Wildman–Crippen LogP) is 0.949. The van der Waals surface area contributed by atoms with Gasteiger partial charge < -0.3 is 20.8 Å². The average Bonchev–Trinajstić information content (AvgIpc) is 2.86. The molecule has 0 aromatic heterocycles. The zero-order valence-corrected chi connectivity index (χ0v) is 11.2. The minimum atomic E-state index is -0.935. The summed E-state index contributed by atoms with van der Waals surface area (Å²) in [6.07, 6.45) is 5.85. The van der Waals surface area contributed by atoms with E-state index in [1.807, 2.05) is 0 Å². The number of nitrogens with one attached hydrogen (secondary N) is 2. The van der Waals surface area contributed by atoms with Gasteiger partial charge in [0, 0.05) is 19.7 Å². The summed E-state index contributed by atoms with van der Waals surface area (Å²) in [5, 5.41) is 22.9. The van der Waals surface area contributed by atoms with E-state index in [-0.39, 0.29) is 31.5 Å². The maximum atomic E-state index is 11.4. The SMILES string of the molecule is O=C(O)CCNC(=O)NCC(CO)CC1CCCC1. The molecule has 2 amide bonds. The Morgan fingerprint density at radius 2 is 1.89 bits per heavy atom. The maximum absolute atomic E-state index is 11.4. The second-order valence-electron chi connectivity index (χ2n) is 5.22. The standard InChI is InChI=1S/C13H24N2O4/c16-9-11(7-10-3-1-2-4-10)8-15-13(19)14-6-5-12(17)18/h10-11,16H,1-9H2,(H,17,18)(H2,14,15,19). The van der Waals surface area contributed by atoms with Crippen LogP contribution in [0, 0.1) is 11.8 Å². The number of hydrogen-bond donors (Lipinski definition) is 4. The third-order valence-corrected chi connectivity index (χ3v) is 3.58. The molecule has 4 N–H and O–H groups in total. The van der Waals surface area contributed by atoms with Crippen LogP contribution in [0.1, 0.15) is 38.5 Å². The van der Waals surface area contributed by atoms with Gasteiger partial charge in [-0.1, -0.05) is 25.7 Å². The fourth-order valence-electron chi connectivity index (χ4n) is 2.52. The number of aliphatic hydroxyl groups excluding tert-OH is 1. The third-order valence-electron chi connectivity index (χ3n) is 3.58. The van der Waals surface area contributed by atoms with Crippen molar-refractivity contribution in [1.29, 1.82) is 0 Å². The van der Waals surface area contributed by atoms with Gasteiger partial charge in [-0.15, -0.1) is 0 Å². The van der Waals surface area contributed by atoms with Crippen LogP contribution in [0.5, 0.6) is 0 Å². The summed E-state index contributed by atoms with van der Waals surface area (Å²) >= 11 is 0. The zero-order valence-electron chi connectivity index (χ0n) is 11.2. The van der Waals surface area contributed by atoms with Crippen LogP contribution < -0.4 is 10.6 Å². The molecular weight excluding hydrogens is 248 g/mol. The van der Waals surface area contributed by atoms with E-state index in [2.05, 4.69) is 10.6 Å². The van der Waals surface area contributed by atoms with Gasteiger partial charge in [0.25, 0.3) is 0 Å². The van der Waals surface area contributed by atoms with Crippen molar-refractivity contribution in [3.8, 4) is 0 Å². The first-order valence-corrected chi connectivity index (χ1v) is 6.96. The van der Waals surface area contributed by atoms with Gasteiger partial charge in [0.2, 0.25) is 0 Å². The predicted molar refractivity (Wildman–Crippen MR) is 70.8 cm³/mol. The number of carbonyl (C=O) groups is 2. The maximum Gasteiger partial charge on any atom is 0.314 e. The topological polar surface area (TPSA) is 98.7 Å². The van der Waals surface area contributed by atoms with Crippen molar-refractivity contribution in [3.63, 3.8) is 0 Å². The van der Waals surface area contributed by atoms with Crippen molar-refractivity contribution < 1.29 is 19.8 Å². The lowest BCUT2D eigenvalue weighted by molar-refractivity contribution is -0.136. The molecule has 0 aromatic carbocycles. The smallest absolute Gasteiger partial charge is 0.314 e. The Kier molecular flexibility index (Phi) is 7.25. The highest BCUT2D eigenvalue weighted by Gasteiger charge is 2.20. The molecule has 1 atom stereocenters. The third kappa shape index (κ3) is 7.00. The van der Waals surface area contributed by atoms with Crippen molar-refractivity contribution in [1.82, 2.24) is 10.6 Å². The number of amides is 2. The number of rotatable bonds is 8. The summed E-state index contributed by atoms with van der Waals surface area (Å²) in [5.41, 5.74) is 0. The number of carboxylic acid groups (broad SMARTS) is 1. The summed E-state index contributed by atoms with van der Waals surface area (Å²) in [4.78, 5) is 21.7. The van der Waals surface area contributed by atoms with Crippen LogP contribution >= 0.6 is 0 Å². The van der Waals surface area contributed by atoms with Gasteiger partial charge in [-0.3, -0.25) is 4.79 Å². The monoisotopic (exact) mass is 272 g/mol. The van der Waals surface area contributed by atoms with E-state index in [0.717, 1.165) is 6.42 Å². The van der Waals surface area contributed by atoms with Crippen LogP contribution in [0.2, 0.25) is 0 Å². The van der Waals surface area contributed by atoms with Crippen LogP contribution in [0.4, 0.5) is 4.79 Å². The number of urea groups is 1. The van der Waals surface area contributed by atoms with Crippen molar-refractivity contribution in [2.24, 2.45) is 11.8 Å². The molecule has 6 nitrogen and oxygen atoms in total. The lowest BCUT2D eigenvalue weighted by Gasteiger charge is -2.19.